The summed E-state index contributed by atoms with van der Waals surface area (Å²) in [5.74, 6) is -0.955. The lowest BCUT2D eigenvalue weighted by Crippen LogP contribution is -3.11. The summed E-state index contributed by atoms with van der Waals surface area (Å²) in [4.78, 5) is 26.4. The fourth-order valence-corrected chi connectivity index (χ4v) is 3.15. The standard InChI is InChI=1S/C19H27N3O2/c1-5-22(6-2)13-9-12-20-19(24)18(23)17-14(3)21(4)16-11-8-7-10-15(16)17/h7-8,10-11H,5-6,9,12-13H2,1-4H3,(H,20,24)/p+1. The number of hydrogen-bond acceptors (Lipinski definition) is 2. The van der Waals surface area contributed by atoms with Gasteiger partial charge in [-0.25, -0.2) is 0 Å². The highest BCUT2D eigenvalue weighted by Gasteiger charge is 2.23. The minimum Gasteiger partial charge on any atom is -0.349 e. The Morgan fingerprint density at radius 1 is 1.17 bits per heavy atom. The van der Waals surface area contributed by atoms with Crippen LogP contribution in [0.2, 0.25) is 0 Å². The van der Waals surface area contributed by atoms with E-state index in [1.807, 2.05) is 42.8 Å². The molecule has 1 heterocycles. The number of aryl methyl sites for hydroxylation is 1. The van der Waals surface area contributed by atoms with Gasteiger partial charge in [-0.2, -0.15) is 0 Å². The van der Waals surface area contributed by atoms with E-state index in [-0.39, 0.29) is 0 Å². The van der Waals surface area contributed by atoms with Crippen molar-refractivity contribution in [1.29, 1.82) is 0 Å². The number of ketones is 1. The van der Waals surface area contributed by atoms with Crippen LogP contribution in [0.4, 0.5) is 0 Å². The summed E-state index contributed by atoms with van der Waals surface area (Å²) >= 11 is 0. The molecule has 0 spiro atoms. The zero-order chi connectivity index (χ0) is 17.7. The number of amides is 1. The maximum atomic E-state index is 12.6. The zero-order valence-corrected chi connectivity index (χ0v) is 15.1. The van der Waals surface area contributed by atoms with Crippen LogP contribution >= 0.6 is 0 Å². The lowest BCUT2D eigenvalue weighted by molar-refractivity contribution is -0.896. The van der Waals surface area contributed by atoms with Crippen molar-refractivity contribution < 1.29 is 14.5 Å². The Morgan fingerprint density at radius 3 is 2.50 bits per heavy atom. The maximum absolute atomic E-state index is 12.6. The Kier molecular flexibility index (Phi) is 6.15. The van der Waals surface area contributed by atoms with Crippen LogP contribution in [0.5, 0.6) is 0 Å². The van der Waals surface area contributed by atoms with Gasteiger partial charge in [0.2, 0.25) is 0 Å². The normalized spacial score (nSPS) is 11.2. The quantitative estimate of drug-likeness (QED) is 0.433. The number of carbonyl (C=O) groups excluding carboxylic acids is 2. The fraction of sp³-hybridized carbons (Fsp3) is 0.474. The average molecular weight is 330 g/mol. The Balaban J connectivity index is 2.04. The molecule has 130 valence electrons. The summed E-state index contributed by atoms with van der Waals surface area (Å²) in [7, 11) is 1.92. The van der Waals surface area contributed by atoms with Crippen LogP contribution in [-0.4, -0.2) is 42.4 Å². The van der Waals surface area contributed by atoms with Gasteiger partial charge in [0.05, 0.1) is 25.2 Å². The monoisotopic (exact) mass is 330 g/mol. The van der Waals surface area contributed by atoms with Crippen LogP contribution in [0.3, 0.4) is 0 Å². The van der Waals surface area contributed by atoms with Crippen molar-refractivity contribution in [3.8, 4) is 0 Å². The Bertz CT molecular complexity index is 730. The third-order valence-corrected chi connectivity index (χ3v) is 4.83. The third kappa shape index (κ3) is 3.67. The molecule has 0 fully saturated rings. The molecule has 2 aromatic rings. The predicted molar refractivity (Wildman–Crippen MR) is 96.5 cm³/mol. The van der Waals surface area contributed by atoms with Crippen molar-refractivity contribution in [1.82, 2.24) is 9.88 Å². The van der Waals surface area contributed by atoms with E-state index in [4.69, 9.17) is 0 Å². The van der Waals surface area contributed by atoms with E-state index in [0.29, 0.717) is 12.1 Å². The Labute approximate surface area is 143 Å². The van der Waals surface area contributed by atoms with Crippen LogP contribution in [0.1, 0.15) is 36.3 Å². The fourth-order valence-electron chi connectivity index (χ4n) is 3.15. The van der Waals surface area contributed by atoms with E-state index in [9.17, 15) is 9.59 Å². The minimum atomic E-state index is -0.510. The number of hydrogen-bond donors (Lipinski definition) is 2. The number of carbonyl (C=O) groups is 2. The zero-order valence-electron chi connectivity index (χ0n) is 15.1. The van der Waals surface area contributed by atoms with Gasteiger partial charge < -0.3 is 14.8 Å². The second-order valence-corrected chi connectivity index (χ2v) is 6.18. The molecular weight excluding hydrogens is 302 g/mol. The molecule has 0 aliphatic heterocycles. The van der Waals surface area contributed by atoms with Gasteiger partial charge in [0.1, 0.15) is 0 Å². The van der Waals surface area contributed by atoms with Gasteiger partial charge in [-0.1, -0.05) is 18.2 Å². The van der Waals surface area contributed by atoms with E-state index in [2.05, 4.69) is 19.2 Å². The molecule has 0 aliphatic rings. The molecule has 5 nitrogen and oxygen atoms in total. The molecule has 0 atom stereocenters. The number of nitrogens with one attached hydrogen (secondary N) is 2. The second kappa shape index (κ2) is 8.11. The number of Topliss-reactive ketones (excluding diaryl/α,β-unsaturated/α-hetero) is 1. The van der Waals surface area contributed by atoms with E-state index < -0.39 is 11.7 Å². The number of nitrogens with zero attached hydrogens (tertiary/aromatic N) is 1. The number of para-hydroxylation sites is 1. The van der Waals surface area contributed by atoms with Gasteiger partial charge in [0, 0.05) is 36.6 Å². The lowest BCUT2D eigenvalue weighted by atomic mass is 10.1. The average Bonchev–Trinajstić information content (AvgIpc) is 2.85. The Morgan fingerprint density at radius 2 is 1.83 bits per heavy atom. The summed E-state index contributed by atoms with van der Waals surface area (Å²) in [6.07, 6.45) is 0.880. The Hall–Kier alpha value is -2.14. The number of fused-ring (bicyclic) bond motifs is 1. The molecule has 2 N–H and O–H groups in total. The van der Waals surface area contributed by atoms with Crippen molar-refractivity contribution in [3.05, 3.63) is 35.5 Å². The highest BCUT2D eigenvalue weighted by Crippen LogP contribution is 2.25. The number of aromatic nitrogens is 1. The van der Waals surface area contributed by atoms with Gasteiger partial charge in [-0.15, -0.1) is 0 Å². The molecule has 0 bridgehead atoms. The summed E-state index contributed by atoms with van der Waals surface area (Å²) in [5, 5.41) is 3.61. The van der Waals surface area contributed by atoms with E-state index in [1.54, 1.807) is 0 Å². The first-order valence-electron chi connectivity index (χ1n) is 8.71. The van der Waals surface area contributed by atoms with Crippen LogP contribution in [0, 0.1) is 6.92 Å². The molecule has 1 aromatic carbocycles. The largest absolute Gasteiger partial charge is 0.349 e. The summed E-state index contributed by atoms with van der Waals surface area (Å²) in [5.41, 5.74) is 2.31. The van der Waals surface area contributed by atoms with Crippen molar-refractivity contribution >= 4 is 22.6 Å². The topological polar surface area (TPSA) is 55.5 Å². The third-order valence-electron chi connectivity index (χ3n) is 4.83. The molecule has 0 aliphatic carbocycles. The summed E-state index contributed by atoms with van der Waals surface area (Å²) in [6, 6.07) is 7.69. The van der Waals surface area contributed by atoms with E-state index >= 15 is 0 Å². The first kappa shape index (κ1) is 18.2. The van der Waals surface area contributed by atoms with Gasteiger partial charge in [-0.3, -0.25) is 9.59 Å². The lowest BCUT2D eigenvalue weighted by Gasteiger charge is -2.15. The molecule has 0 unspecified atom stereocenters. The molecule has 0 saturated heterocycles. The first-order valence-corrected chi connectivity index (χ1v) is 8.71. The summed E-state index contributed by atoms with van der Waals surface area (Å²) in [6.45, 7) is 9.91. The smallest absolute Gasteiger partial charge is 0.292 e. The van der Waals surface area contributed by atoms with Gasteiger partial charge in [-0.05, 0) is 26.8 Å². The maximum Gasteiger partial charge on any atom is 0.292 e. The van der Waals surface area contributed by atoms with Crippen LogP contribution in [-0.2, 0) is 11.8 Å². The van der Waals surface area contributed by atoms with Gasteiger partial charge >= 0.3 is 0 Å². The number of rotatable bonds is 8. The molecule has 1 amide bonds. The minimum absolute atomic E-state index is 0.445. The van der Waals surface area contributed by atoms with Crippen LogP contribution in [0.15, 0.2) is 24.3 Å². The SMILES string of the molecule is CC[NH+](CC)CCCNC(=O)C(=O)c1c(C)n(C)c2ccccc12. The molecule has 0 saturated carbocycles. The first-order chi connectivity index (χ1) is 11.5. The molecule has 5 heteroatoms. The highest BCUT2D eigenvalue weighted by atomic mass is 16.2. The summed E-state index contributed by atoms with van der Waals surface area (Å²) < 4.78 is 1.96. The predicted octanol–water partition coefficient (Wildman–Crippen LogP) is 1.10. The number of benzene rings is 1. The van der Waals surface area contributed by atoms with Crippen molar-refractivity contribution in [3.63, 3.8) is 0 Å². The molecule has 24 heavy (non-hydrogen) atoms. The van der Waals surface area contributed by atoms with Crippen LogP contribution < -0.4 is 10.2 Å². The second-order valence-electron chi connectivity index (χ2n) is 6.18. The van der Waals surface area contributed by atoms with Crippen molar-refractivity contribution in [2.45, 2.75) is 27.2 Å². The van der Waals surface area contributed by atoms with Crippen molar-refractivity contribution in [2.75, 3.05) is 26.2 Å². The van der Waals surface area contributed by atoms with Crippen molar-refractivity contribution in [2.24, 2.45) is 7.05 Å². The molecule has 1 aromatic heterocycles. The van der Waals surface area contributed by atoms with E-state index in [1.165, 1.54) is 4.90 Å². The van der Waals surface area contributed by atoms with Gasteiger partial charge in [0.25, 0.3) is 11.7 Å². The molecular formula is C19H28N3O2+. The molecule has 2 rings (SSSR count). The molecule has 0 radical (unpaired) electrons. The van der Waals surface area contributed by atoms with E-state index in [0.717, 1.165) is 42.7 Å². The highest BCUT2D eigenvalue weighted by molar-refractivity contribution is 6.45. The van der Waals surface area contributed by atoms with Crippen LogP contribution in [0.25, 0.3) is 10.9 Å². The van der Waals surface area contributed by atoms with Gasteiger partial charge in [0.15, 0.2) is 0 Å². The number of quaternary nitrogens is 1.